The van der Waals surface area contributed by atoms with Gasteiger partial charge in [-0.1, -0.05) is 94.4 Å². The molecule has 0 radical (unpaired) electrons. The highest BCUT2D eigenvalue weighted by Gasteiger charge is 2.20. The van der Waals surface area contributed by atoms with Gasteiger partial charge in [-0.25, -0.2) is 0 Å². The minimum absolute atomic E-state index is 0.495. The van der Waals surface area contributed by atoms with Crippen LogP contribution < -0.4 is 0 Å². The molecule has 0 aliphatic heterocycles. The summed E-state index contributed by atoms with van der Waals surface area (Å²) in [5.41, 5.74) is 8.91. The zero-order valence-corrected chi connectivity index (χ0v) is 22.8. The molecule has 0 unspecified atom stereocenters. The molecule has 6 aromatic carbocycles. The first-order chi connectivity index (χ1) is 19.4. The molecule has 0 fully saturated rings. The van der Waals surface area contributed by atoms with E-state index in [4.69, 9.17) is 1.37 Å². The first-order valence-corrected chi connectivity index (χ1v) is 14.1. The van der Waals surface area contributed by atoms with E-state index in [1.54, 1.807) is 0 Å². The highest BCUT2D eigenvalue weighted by Crippen LogP contribution is 2.44. The lowest BCUT2D eigenvalue weighted by atomic mass is 9.95. The molecule has 8 rings (SSSR count). The third kappa shape index (κ3) is 3.26. The van der Waals surface area contributed by atoms with Crippen LogP contribution in [0.3, 0.4) is 0 Å². The van der Waals surface area contributed by atoms with Crippen molar-refractivity contribution in [1.82, 2.24) is 4.40 Å². The Morgan fingerprint density at radius 1 is 0.513 bits per heavy atom. The second-order valence-electron chi connectivity index (χ2n) is 11.8. The molecule has 0 N–H and O–H groups in total. The summed E-state index contributed by atoms with van der Waals surface area (Å²) in [5, 5.41) is 10.3. The molecule has 0 saturated carbocycles. The Labute approximate surface area is 230 Å². The van der Waals surface area contributed by atoms with Gasteiger partial charge in [0.25, 0.3) is 0 Å². The molecule has 0 spiro atoms. The number of aromatic nitrogens is 1. The minimum Gasteiger partial charge on any atom is -0.308 e. The maximum atomic E-state index is 8.00. The van der Waals surface area contributed by atoms with Gasteiger partial charge in [-0.3, -0.25) is 0 Å². The molecule has 188 valence electrons. The molecule has 2 aromatic heterocycles. The zero-order valence-electron chi connectivity index (χ0n) is 23.8. The first-order valence-electron chi connectivity index (χ1n) is 14.6. The van der Waals surface area contributed by atoms with Gasteiger partial charge in [-0.2, -0.15) is 0 Å². The summed E-state index contributed by atoms with van der Waals surface area (Å²) in [4.78, 5) is 0. The summed E-state index contributed by atoms with van der Waals surface area (Å²) in [6, 6.07) is 36.6. The number of fused-ring (bicyclic) bond motifs is 8. The average molecular weight is 503 g/mol. The van der Waals surface area contributed by atoms with Crippen molar-refractivity contribution < 1.29 is 1.37 Å². The number of nitrogens with zero attached hydrogens (tertiary/aromatic N) is 1. The van der Waals surface area contributed by atoms with Crippen molar-refractivity contribution in [1.29, 1.82) is 0 Å². The van der Waals surface area contributed by atoms with Gasteiger partial charge in [0, 0.05) is 21.5 Å². The van der Waals surface area contributed by atoms with E-state index in [2.05, 4.69) is 117 Å². The van der Waals surface area contributed by atoms with Gasteiger partial charge in [0.1, 0.15) is 0 Å². The summed E-state index contributed by atoms with van der Waals surface area (Å²) in [6.07, 6.45) is 0. The van der Waals surface area contributed by atoms with Crippen LogP contribution in [0.4, 0.5) is 0 Å². The largest absolute Gasteiger partial charge is 0.308 e. The molecule has 0 amide bonds. The second kappa shape index (κ2) is 8.07. The van der Waals surface area contributed by atoms with Gasteiger partial charge in [0.15, 0.2) is 0 Å². The molecule has 1 heteroatoms. The minimum atomic E-state index is 0.495. The van der Waals surface area contributed by atoms with Crippen LogP contribution in [0.1, 0.15) is 52.0 Å². The number of rotatable bonds is 3. The molecule has 0 aliphatic carbocycles. The lowest BCUT2D eigenvalue weighted by Crippen LogP contribution is -1.88. The summed E-state index contributed by atoms with van der Waals surface area (Å²) < 4.78 is 10.5. The Morgan fingerprint density at radius 3 is 1.51 bits per heavy atom. The third-order valence-corrected chi connectivity index (χ3v) is 8.74. The van der Waals surface area contributed by atoms with Crippen molar-refractivity contribution in [3.8, 4) is 11.1 Å². The van der Waals surface area contributed by atoms with E-state index in [1.165, 1.54) is 76.3 Å². The molecular weight excluding hydrogens is 470 g/mol. The first kappa shape index (κ1) is 21.6. The van der Waals surface area contributed by atoms with Crippen molar-refractivity contribution in [2.45, 2.75) is 39.5 Å². The highest BCUT2D eigenvalue weighted by molar-refractivity contribution is 6.27. The Kier molecular flexibility index (Phi) is 4.46. The average Bonchev–Trinajstić information content (AvgIpc) is 3.44. The Hall–Kier alpha value is -4.36. The van der Waals surface area contributed by atoms with E-state index in [0.717, 1.165) is 5.56 Å². The molecule has 0 aliphatic rings. The van der Waals surface area contributed by atoms with Crippen LogP contribution in [0.25, 0.3) is 70.8 Å². The van der Waals surface area contributed by atoms with Crippen molar-refractivity contribution in [2.24, 2.45) is 0 Å². The Bertz CT molecular complexity index is 2130. The lowest BCUT2D eigenvalue weighted by Gasteiger charge is -2.09. The Morgan fingerprint density at radius 2 is 1.03 bits per heavy atom. The van der Waals surface area contributed by atoms with E-state index in [9.17, 15) is 0 Å². The van der Waals surface area contributed by atoms with Gasteiger partial charge in [-0.15, -0.1) is 0 Å². The molecule has 8 aromatic rings. The Balaban J connectivity index is 1.54. The number of hydrogen-bond donors (Lipinski definition) is 0. The number of benzene rings is 6. The molecule has 39 heavy (non-hydrogen) atoms. The maximum absolute atomic E-state index is 8.00. The van der Waals surface area contributed by atoms with Gasteiger partial charge >= 0.3 is 0 Å². The normalized spacial score (nSPS) is 12.9. The predicted molar refractivity (Wildman–Crippen MR) is 170 cm³/mol. The summed E-state index contributed by atoms with van der Waals surface area (Å²) >= 11 is 0. The molecule has 0 saturated heterocycles. The number of hydrogen-bond acceptors (Lipinski definition) is 0. The molecule has 0 bridgehead atoms. The van der Waals surface area contributed by atoms with E-state index in [-0.39, 0.29) is 0 Å². The monoisotopic (exact) mass is 502 g/mol. The van der Waals surface area contributed by atoms with E-state index < -0.39 is 0 Å². The van der Waals surface area contributed by atoms with E-state index in [0.29, 0.717) is 17.9 Å². The molecular formula is C38H31N. The van der Waals surface area contributed by atoms with Crippen molar-refractivity contribution >= 4 is 59.6 Å². The van der Waals surface area contributed by atoms with Crippen molar-refractivity contribution in [3.05, 3.63) is 114 Å². The fourth-order valence-electron chi connectivity index (χ4n) is 6.53. The second-order valence-corrected chi connectivity index (χ2v) is 11.8. The highest BCUT2D eigenvalue weighted by atomic mass is 14.9. The fraction of sp³-hybridized carbons (Fsp3) is 0.158. The zero-order chi connectivity index (χ0) is 27.3. The smallest absolute Gasteiger partial charge is 0.0623 e. The lowest BCUT2D eigenvalue weighted by molar-refractivity contribution is 0.869. The molecule has 1 nitrogen and oxygen atoms in total. The van der Waals surface area contributed by atoms with Gasteiger partial charge in [-0.05, 0) is 92.0 Å². The molecule has 2 heterocycles. The van der Waals surface area contributed by atoms with Crippen LogP contribution in [-0.4, -0.2) is 4.40 Å². The van der Waals surface area contributed by atoms with Crippen LogP contribution in [0.5, 0.6) is 0 Å². The van der Waals surface area contributed by atoms with Gasteiger partial charge in [0.2, 0.25) is 0 Å². The van der Waals surface area contributed by atoms with Gasteiger partial charge in [0.05, 0.1) is 17.9 Å². The predicted octanol–water partition coefficient (Wildman–Crippen LogP) is 11.1. The SMILES string of the molecule is [2H]c1ccc(-c2cc3c4cc5cc(C(C)C)ccc5cc4n4c5cc6ccc(C(C)C)cc6cc5c(c2)c34)cc1. The maximum Gasteiger partial charge on any atom is 0.0623 e. The standard InChI is InChI=1S/C38H31N/c1-22(2)25-10-12-27-20-36-32(16-29(27)14-25)34-18-31(24-8-6-5-7-9-24)19-35-33-17-30-15-26(23(3)4)11-13-28(30)21-37(33)39(36)38(34)35/h5-23H,1-4H3/i5D. The van der Waals surface area contributed by atoms with Crippen LogP contribution in [0, 0.1) is 0 Å². The van der Waals surface area contributed by atoms with Crippen LogP contribution in [0.2, 0.25) is 0 Å². The van der Waals surface area contributed by atoms with Gasteiger partial charge < -0.3 is 4.40 Å². The topological polar surface area (TPSA) is 4.41 Å². The van der Waals surface area contributed by atoms with E-state index >= 15 is 0 Å². The van der Waals surface area contributed by atoms with E-state index in [1.807, 2.05) is 12.1 Å². The summed E-state index contributed by atoms with van der Waals surface area (Å²) in [5.74, 6) is 0.991. The fourth-order valence-corrected chi connectivity index (χ4v) is 6.53. The summed E-state index contributed by atoms with van der Waals surface area (Å²) in [7, 11) is 0. The van der Waals surface area contributed by atoms with Crippen LogP contribution >= 0.6 is 0 Å². The quantitative estimate of drug-likeness (QED) is 0.226. The van der Waals surface area contributed by atoms with Crippen LogP contribution in [-0.2, 0) is 0 Å². The van der Waals surface area contributed by atoms with Crippen molar-refractivity contribution in [3.63, 3.8) is 0 Å². The third-order valence-electron chi connectivity index (χ3n) is 8.74. The van der Waals surface area contributed by atoms with Crippen LogP contribution in [0.15, 0.2) is 103 Å². The summed E-state index contributed by atoms with van der Waals surface area (Å²) in [6.45, 7) is 9.04. The molecule has 0 atom stereocenters. The van der Waals surface area contributed by atoms with Crippen molar-refractivity contribution in [2.75, 3.05) is 0 Å².